The molecule has 0 aliphatic rings. The average Bonchev–Trinajstić information content (AvgIpc) is 2.46. The minimum absolute atomic E-state index is 0.208. The fourth-order valence-corrected chi connectivity index (χ4v) is 2.27. The predicted molar refractivity (Wildman–Crippen MR) is 81.2 cm³/mol. The van der Waals surface area contributed by atoms with Crippen LogP contribution in [0.3, 0.4) is 0 Å². The van der Waals surface area contributed by atoms with E-state index in [9.17, 15) is 5.11 Å². The second kappa shape index (κ2) is 8.31. The molecule has 1 aromatic carbocycles. The van der Waals surface area contributed by atoms with Gasteiger partial charge >= 0.3 is 0 Å². The molecule has 3 heteroatoms. The fourth-order valence-electron chi connectivity index (χ4n) is 2.27. The van der Waals surface area contributed by atoms with Gasteiger partial charge in [-0.2, -0.15) is 0 Å². The lowest BCUT2D eigenvalue weighted by Gasteiger charge is -2.27. The molecule has 1 rings (SSSR count). The molecule has 108 valence electrons. The molecule has 0 saturated carbocycles. The molecule has 19 heavy (non-hydrogen) atoms. The van der Waals surface area contributed by atoms with Crippen LogP contribution in [0.1, 0.15) is 38.7 Å². The molecule has 0 radical (unpaired) electrons. The third kappa shape index (κ3) is 5.31. The van der Waals surface area contributed by atoms with Crippen molar-refractivity contribution in [3.8, 4) is 0 Å². The van der Waals surface area contributed by atoms with Gasteiger partial charge in [0.2, 0.25) is 0 Å². The Morgan fingerprint density at radius 1 is 1.16 bits per heavy atom. The Morgan fingerprint density at radius 3 is 2.32 bits per heavy atom. The number of hydrogen-bond donors (Lipinski definition) is 3. The highest BCUT2D eigenvalue weighted by atomic mass is 16.3. The van der Waals surface area contributed by atoms with E-state index in [1.54, 1.807) is 0 Å². The van der Waals surface area contributed by atoms with Crippen molar-refractivity contribution in [1.82, 2.24) is 5.32 Å². The third-order valence-corrected chi connectivity index (χ3v) is 3.93. The predicted octanol–water partition coefficient (Wildman–Crippen LogP) is 2.11. The standard InChI is InChI=1S/C16H28N2O/c1-12(15-7-5-4-6-8-15)9-16(10-17)18-14(3)13(2)11-19/h4-8,12-14,16,18-19H,9-11,17H2,1-3H3. The van der Waals surface area contributed by atoms with E-state index < -0.39 is 0 Å². The lowest BCUT2D eigenvalue weighted by atomic mass is 9.93. The minimum Gasteiger partial charge on any atom is -0.396 e. The molecule has 3 nitrogen and oxygen atoms in total. The Bertz CT molecular complexity index is 342. The summed E-state index contributed by atoms with van der Waals surface area (Å²) >= 11 is 0. The summed E-state index contributed by atoms with van der Waals surface area (Å²) in [5.74, 6) is 0.736. The molecule has 0 spiro atoms. The molecule has 4 atom stereocenters. The molecule has 0 bridgehead atoms. The minimum atomic E-state index is 0.208. The maximum Gasteiger partial charge on any atom is 0.0471 e. The first kappa shape index (κ1) is 16.2. The van der Waals surface area contributed by atoms with Gasteiger partial charge in [-0.05, 0) is 30.7 Å². The van der Waals surface area contributed by atoms with Crippen LogP contribution in [0.4, 0.5) is 0 Å². The van der Waals surface area contributed by atoms with Gasteiger partial charge in [-0.3, -0.25) is 0 Å². The van der Waals surface area contributed by atoms with Gasteiger partial charge in [0.15, 0.2) is 0 Å². The zero-order valence-electron chi connectivity index (χ0n) is 12.3. The van der Waals surface area contributed by atoms with Crippen LogP contribution in [0.5, 0.6) is 0 Å². The molecule has 4 N–H and O–H groups in total. The summed E-state index contributed by atoms with van der Waals surface area (Å²) in [4.78, 5) is 0. The molecule has 1 aromatic rings. The van der Waals surface area contributed by atoms with E-state index in [1.165, 1.54) is 5.56 Å². The zero-order chi connectivity index (χ0) is 14.3. The van der Waals surface area contributed by atoms with Crippen LogP contribution in [0.2, 0.25) is 0 Å². The van der Waals surface area contributed by atoms with Gasteiger partial charge < -0.3 is 16.2 Å². The van der Waals surface area contributed by atoms with Crippen LogP contribution in [0, 0.1) is 5.92 Å². The van der Waals surface area contributed by atoms with Crippen molar-refractivity contribution in [2.45, 2.75) is 45.2 Å². The lowest BCUT2D eigenvalue weighted by molar-refractivity contribution is 0.199. The fraction of sp³-hybridized carbons (Fsp3) is 0.625. The first-order chi connectivity index (χ1) is 9.08. The zero-order valence-corrected chi connectivity index (χ0v) is 12.3. The first-order valence-electron chi connectivity index (χ1n) is 7.20. The van der Waals surface area contributed by atoms with Gasteiger partial charge in [-0.15, -0.1) is 0 Å². The maximum atomic E-state index is 9.18. The average molecular weight is 264 g/mol. The number of nitrogens with one attached hydrogen (secondary N) is 1. The van der Waals surface area contributed by atoms with E-state index in [0.29, 0.717) is 18.5 Å². The highest BCUT2D eigenvalue weighted by Gasteiger charge is 2.18. The van der Waals surface area contributed by atoms with E-state index >= 15 is 0 Å². The molecule has 0 aliphatic carbocycles. The smallest absolute Gasteiger partial charge is 0.0471 e. The Morgan fingerprint density at radius 2 is 1.79 bits per heavy atom. The lowest BCUT2D eigenvalue weighted by Crippen LogP contribution is -2.45. The number of aliphatic hydroxyl groups excluding tert-OH is 1. The van der Waals surface area contributed by atoms with Crippen molar-refractivity contribution in [3.05, 3.63) is 35.9 Å². The summed E-state index contributed by atoms with van der Waals surface area (Å²) in [6, 6.07) is 11.1. The summed E-state index contributed by atoms with van der Waals surface area (Å²) < 4.78 is 0. The Hall–Kier alpha value is -0.900. The Labute approximate surface area is 117 Å². The van der Waals surface area contributed by atoms with Gasteiger partial charge in [0, 0.05) is 25.2 Å². The summed E-state index contributed by atoms with van der Waals surface area (Å²) in [5, 5.41) is 12.7. The van der Waals surface area contributed by atoms with E-state index in [0.717, 1.165) is 6.42 Å². The molecular weight excluding hydrogens is 236 g/mol. The summed E-state index contributed by atoms with van der Waals surface area (Å²) in [7, 11) is 0. The van der Waals surface area contributed by atoms with E-state index in [1.807, 2.05) is 13.0 Å². The van der Waals surface area contributed by atoms with Crippen molar-refractivity contribution in [2.75, 3.05) is 13.2 Å². The van der Waals surface area contributed by atoms with Gasteiger partial charge in [-0.25, -0.2) is 0 Å². The van der Waals surface area contributed by atoms with Crippen LogP contribution in [-0.4, -0.2) is 30.3 Å². The van der Waals surface area contributed by atoms with E-state index in [4.69, 9.17) is 5.73 Å². The van der Waals surface area contributed by atoms with Crippen molar-refractivity contribution >= 4 is 0 Å². The molecule has 0 fully saturated rings. The molecule has 4 unspecified atom stereocenters. The van der Waals surface area contributed by atoms with Gasteiger partial charge in [0.05, 0.1) is 0 Å². The van der Waals surface area contributed by atoms with E-state index in [2.05, 4.69) is 43.4 Å². The van der Waals surface area contributed by atoms with Gasteiger partial charge in [0.25, 0.3) is 0 Å². The van der Waals surface area contributed by atoms with Crippen molar-refractivity contribution in [2.24, 2.45) is 11.7 Å². The summed E-state index contributed by atoms with van der Waals surface area (Å²) in [5.41, 5.74) is 7.22. The molecule has 0 aliphatic heterocycles. The largest absolute Gasteiger partial charge is 0.396 e. The molecule has 0 aromatic heterocycles. The molecular formula is C16H28N2O. The molecule has 0 heterocycles. The third-order valence-electron chi connectivity index (χ3n) is 3.93. The Kier molecular flexibility index (Phi) is 7.06. The van der Waals surface area contributed by atoms with Crippen molar-refractivity contribution < 1.29 is 5.11 Å². The summed E-state index contributed by atoms with van der Waals surface area (Å²) in [6.45, 7) is 7.22. The van der Waals surface area contributed by atoms with E-state index in [-0.39, 0.29) is 18.6 Å². The highest BCUT2D eigenvalue weighted by molar-refractivity contribution is 5.18. The number of nitrogens with two attached hydrogens (primary N) is 1. The van der Waals surface area contributed by atoms with Crippen LogP contribution in [0.15, 0.2) is 30.3 Å². The quantitative estimate of drug-likeness (QED) is 0.674. The van der Waals surface area contributed by atoms with Crippen LogP contribution >= 0.6 is 0 Å². The second-order valence-electron chi connectivity index (χ2n) is 5.60. The number of hydrogen-bond acceptors (Lipinski definition) is 3. The molecule has 0 amide bonds. The number of aliphatic hydroxyl groups is 1. The normalized spacial score (nSPS) is 17.7. The SMILES string of the molecule is CC(CC(CN)NC(C)C(C)CO)c1ccccc1. The van der Waals surface area contributed by atoms with Crippen molar-refractivity contribution in [3.63, 3.8) is 0 Å². The summed E-state index contributed by atoms with van der Waals surface area (Å²) in [6.07, 6.45) is 1.02. The topological polar surface area (TPSA) is 58.3 Å². The first-order valence-corrected chi connectivity index (χ1v) is 7.20. The Balaban J connectivity index is 2.52. The van der Waals surface area contributed by atoms with Crippen LogP contribution < -0.4 is 11.1 Å². The highest BCUT2D eigenvalue weighted by Crippen LogP contribution is 2.20. The molecule has 0 saturated heterocycles. The van der Waals surface area contributed by atoms with Crippen LogP contribution in [0.25, 0.3) is 0 Å². The van der Waals surface area contributed by atoms with Gasteiger partial charge in [0.1, 0.15) is 0 Å². The second-order valence-corrected chi connectivity index (χ2v) is 5.60. The van der Waals surface area contributed by atoms with Crippen molar-refractivity contribution in [1.29, 1.82) is 0 Å². The monoisotopic (exact) mass is 264 g/mol. The van der Waals surface area contributed by atoms with Crippen LogP contribution in [-0.2, 0) is 0 Å². The maximum absolute atomic E-state index is 9.18. The van der Waals surface area contributed by atoms with Gasteiger partial charge in [-0.1, -0.05) is 44.2 Å². The number of benzene rings is 1. The number of rotatable bonds is 8.